The van der Waals surface area contributed by atoms with E-state index in [9.17, 15) is 14.4 Å². The van der Waals surface area contributed by atoms with Gasteiger partial charge in [0.2, 0.25) is 0 Å². The topological polar surface area (TPSA) is 94.2 Å². The molecule has 3 amide bonds. The number of hydrogen-bond donors (Lipinski definition) is 1. The number of hydrogen-bond acceptors (Lipinski definition) is 7. The number of nitrogens with zero attached hydrogens (tertiary/aromatic N) is 1. The molecule has 1 fully saturated rings. The van der Waals surface area contributed by atoms with Crippen LogP contribution in [0.5, 0.6) is 17.2 Å². The molecule has 0 bridgehead atoms. The van der Waals surface area contributed by atoms with Crippen molar-refractivity contribution in [2.24, 2.45) is 0 Å². The van der Waals surface area contributed by atoms with Crippen LogP contribution in [0.2, 0.25) is 5.02 Å². The molecule has 202 valence electrons. The van der Waals surface area contributed by atoms with Gasteiger partial charge in [0.05, 0.1) is 18.1 Å². The Morgan fingerprint density at radius 2 is 1.82 bits per heavy atom. The first-order valence-corrected chi connectivity index (χ1v) is 13.4. The molecule has 0 radical (unpaired) electrons. The molecule has 10 heteroatoms. The summed E-state index contributed by atoms with van der Waals surface area (Å²) in [5.74, 6) is 0.729. The average Bonchev–Trinajstić information content (AvgIpc) is 3.16. The normalized spacial score (nSPS) is 14.0. The Kier molecular flexibility index (Phi) is 9.51. The van der Waals surface area contributed by atoms with Crippen molar-refractivity contribution in [3.63, 3.8) is 0 Å². The zero-order valence-corrected chi connectivity index (χ0v) is 23.0. The highest BCUT2D eigenvalue weighted by Crippen LogP contribution is 2.34. The summed E-state index contributed by atoms with van der Waals surface area (Å²) < 4.78 is 17.1. The summed E-state index contributed by atoms with van der Waals surface area (Å²) in [6, 6.07) is 19.5. The number of carbonyl (C=O) groups is 3. The van der Waals surface area contributed by atoms with Crippen molar-refractivity contribution < 1.29 is 28.6 Å². The monoisotopic (exact) mass is 566 g/mol. The fourth-order valence-electron chi connectivity index (χ4n) is 3.71. The average molecular weight is 567 g/mol. The van der Waals surface area contributed by atoms with E-state index in [1.54, 1.807) is 48.5 Å². The van der Waals surface area contributed by atoms with Crippen LogP contribution < -0.4 is 19.5 Å². The van der Waals surface area contributed by atoms with Gasteiger partial charge in [-0.25, -0.2) is 0 Å². The predicted octanol–water partition coefficient (Wildman–Crippen LogP) is 6.18. The van der Waals surface area contributed by atoms with E-state index in [1.807, 2.05) is 38.1 Å². The molecule has 0 spiro atoms. The third-order valence-corrected chi connectivity index (χ3v) is 6.62. The lowest BCUT2D eigenvalue weighted by molar-refractivity contribution is -0.123. The molecular weight excluding hydrogens is 540 g/mol. The molecule has 1 saturated heterocycles. The van der Waals surface area contributed by atoms with Crippen LogP contribution in [0.4, 0.5) is 10.5 Å². The number of aryl methyl sites for hydroxylation is 1. The molecule has 4 rings (SSSR count). The molecule has 8 nitrogen and oxygen atoms in total. The van der Waals surface area contributed by atoms with Crippen molar-refractivity contribution in [1.29, 1.82) is 0 Å². The lowest BCUT2D eigenvalue weighted by Gasteiger charge is -2.14. The first-order valence-electron chi connectivity index (χ1n) is 12.2. The van der Waals surface area contributed by atoms with Crippen molar-refractivity contribution in [3.05, 3.63) is 87.8 Å². The third-order valence-electron chi connectivity index (χ3n) is 5.48. The Hall–Kier alpha value is -3.95. The Morgan fingerprint density at radius 1 is 1.00 bits per heavy atom. The van der Waals surface area contributed by atoms with Gasteiger partial charge in [-0.15, -0.1) is 0 Å². The Bertz CT molecular complexity index is 1410. The minimum atomic E-state index is -0.381. The van der Waals surface area contributed by atoms with E-state index in [0.717, 1.165) is 17.3 Å². The Balaban J connectivity index is 1.38. The summed E-state index contributed by atoms with van der Waals surface area (Å²) in [6.07, 6.45) is 1.63. The molecule has 0 atom stereocenters. The Morgan fingerprint density at radius 3 is 2.59 bits per heavy atom. The van der Waals surface area contributed by atoms with Gasteiger partial charge in [-0.2, -0.15) is 0 Å². The quantitative estimate of drug-likeness (QED) is 0.277. The molecule has 3 aromatic carbocycles. The third kappa shape index (κ3) is 7.78. The highest BCUT2D eigenvalue weighted by atomic mass is 35.5. The van der Waals surface area contributed by atoms with E-state index in [-0.39, 0.29) is 36.8 Å². The van der Waals surface area contributed by atoms with E-state index in [2.05, 4.69) is 5.32 Å². The second-order valence-electron chi connectivity index (χ2n) is 8.48. The number of benzene rings is 3. The molecule has 1 aliphatic rings. The molecule has 1 heterocycles. The summed E-state index contributed by atoms with van der Waals surface area (Å²) in [6.45, 7) is 4.25. The predicted molar refractivity (Wildman–Crippen MR) is 153 cm³/mol. The highest BCUT2D eigenvalue weighted by molar-refractivity contribution is 8.18. The fraction of sp³-hybridized carbons (Fsp3) is 0.207. The number of imide groups is 1. The molecule has 0 aromatic heterocycles. The lowest BCUT2D eigenvalue weighted by Crippen LogP contribution is -2.32. The number of halogens is 1. The van der Waals surface area contributed by atoms with Gasteiger partial charge in [-0.1, -0.05) is 35.9 Å². The second kappa shape index (κ2) is 13.2. The molecule has 0 saturated carbocycles. The number of thioether (sulfide) groups is 1. The summed E-state index contributed by atoms with van der Waals surface area (Å²) in [5.41, 5.74) is 2.27. The van der Waals surface area contributed by atoms with Crippen LogP contribution in [0.1, 0.15) is 18.1 Å². The van der Waals surface area contributed by atoms with E-state index >= 15 is 0 Å². The highest BCUT2D eigenvalue weighted by Gasteiger charge is 2.34. The Labute approximate surface area is 235 Å². The number of anilines is 1. The van der Waals surface area contributed by atoms with Crippen molar-refractivity contribution in [1.82, 2.24) is 4.90 Å². The smallest absolute Gasteiger partial charge is 0.293 e. The standard InChI is InChI=1S/C29H27ClN2O6S/c1-3-36-25-15-20(10-11-24(25)38-18-27(33)31-22-8-5-7-21(30)17-22)16-26-28(34)32(29(35)39-26)12-13-37-23-9-4-6-19(2)14-23/h4-11,14-17H,3,12-13,18H2,1-2H3,(H,31,33)/b26-16-. The van der Waals surface area contributed by atoms with Gasteiger partial charge in [-0.05, 0) is 85.3 Å². The van der Waals surface area contributed by atoms with Gasteiger partial charge in [0, 0.05) is 10.7 Å². The van der Waals surface area contributed by atoms with Gasteiger partial charge in [0.1, 0.15) is 12.4 Å². The molecular formula is C29H27ClN2O6S. The summed E-state index contributed by atoms with van der Waals surface area (Å²) in [4.78, 5) is 39.2. The molecule has 0 unspecified atom stereocenters. The van der Waals surface area contributed by atoms with Gasteiger partial charge in [0.25, 0.3) is 17.1 Å². The number of carbonyl (C=O) groups excluding carboxylic acids is 3. The first kappa shape index (κ1) is 28.1. The van der Waals surface area contributed by atoms with E-state index in [1.165, 1.54) is 4.90 Å². The molecule has 1 aliphatic heterocycles. The van der Waals surface area contributed by atoms with Crippen LogP contribution >= 0.6 is 23.4 Å². The summed E-state index contributed by atoms with van der Waals surface area (Å²) in [5, 5.41) is 2.88. The maximum atomic E-state index is 12.9. The van der Waals surface area contributed by atoms with E-state index in [0.29, 0.717) is 45.0 Å². The van der Waals surface area contributed by atoms with E-state index in [4.69, 9.17) is 25.8 Å². The second-order valence-corrected chi connectivity index (χ2v) is 9.91. The molecule has 0 aliphatic carbocycles. The van der Waals surface area contributed by atoms with Crippen LogP contribution in [-0.2, 0) is 9.59 Å². The molecule has 3 aromatic rings. The van der Waals surface area contributed by atoms with Crippen LogP contribution in [0.25, 0.3) is 6.08 Å². The minimum Gasteiger partial charge on any atom is -0.492 e. The van der Waals surface area contributed by atoms with Crippen LogP contribution in [0.3, 0.4) is 0 Å². The maximum absolute atomic E-state index is 12.9. The van der Waals surface area contributed by atoms with Crippen molar-refractivity contribution in [3.8, 4) is 17.2 Å². The zero-order valence-electron chi connectivity index (χ0n) is 21.4. The summed E-state index contributed by atoms with van der Waals surface area (Å²) in [7, 11) is 0. The molecule has 39 heavy (non-hydrogen) atoms. The van der Waals surface area contributed by atoms with Crippen molar-refractivity contribution in [2.75, 3.05) is 31.7 Å². The van der Waals surface area contributed by atoms with Crippen LogP contribution in [0.15, 0.2) is 71.6 Å². The van der Waals surface area contributed by atoms with Gasteiger partial charge < -0.3 is 19.5 Å². The van der Waals surface area contributed by atoms with Crippen molar-refractivity contribution in [2.45, 2.75) is 13.8 Å². The lowest BCUT2D eigenvalue weighted by atomic mass is 10.2. The van der Waals surface area contributed by atoms with Gasteiger partial charge in [0.15, 0.2) is 18.1 Å². The number of rotatable bonds is 11. The van der Waals surface area contributed by atoms with Crippen molar-refractivity contribution >= 4 is 52.2 Å². The largest absolute Gasteiger partial charge is 0.492 e. The maximum Gasteiger partial charge on any atom is 0.293 e. The SMILES string of the molecule is CCOc1cc(/C=C2\SC(=O)N(CCOc3cccc(C)c3)C2=O)ccc1OCC(=O)Nc1cccc(Cl)c1. The van der Waals surface area contributed by atoms with Crippen LogP contribution in [-0.4, -0.2) is 48.3 Å². The van der Waals surface area contributed by atoms with Gasteiger partial charge in [-0.3, -0.25) is 19.3 Å². The fourth-order valence-corrected chi connectivity index (χ4v) is 4.77. The van der Waals surface area contributed by atoms with Crippen LogP contribution in [0, 0.1) is 6.92 Å². The van der Waals surface area contributed by atoms with Gasteiger partial charge >= 0.3 is 0 Å². The number of ether oxygens (including phenoxy) is 3. The zero-order chi connectivity index (χ0) is 27.8. The number of nitrogens with one attached hydrogen (secondary N) is 1. The molecule has 1 N–H and O–H groups in total. The first-order chi connectivity index (χ1) is 18.8. The summed E-state index contributed by atoms with van der Waals surface area (Å²) >= 11 is 6.83. The number of amides is 3. The van der Waals surface area contributed by atoms with E-state index < -0.39 is 0 Å². The minimum absolute atomic E-state index is 0.143.